The highest BCUT2D eigenvalue weighted by molar-refractivity contribution is 5.79. The summed E-state index contributed by atoms with van der Waals surface area (Å²) in [6.07, 6.45) is 3.42. The average Bonchev–Trinajstić information content (AvgIpc) is 2.61. The van der Waals surface area contributed by atoms with Crippen molar-refractivity contribution < 1.29 is 9.66 Å². The lowest BCUT2D eigenvalue weighted by Gasteiger charge is -2.26. The first kappa shape index (κ1) is 18.2. The van der Waals surface area contributed by atoms with Crippen LogP contribution in [0, 0.1) is 16.0 Å². The van der Waals surface area contributed by atoms with E-state index in [1.54, 1.807) is 19.2 Å². The molecule has 1 N–H and O–H groups in total. The van der Waals surface area contributed by atoms with E-state index in [4.69, 9.17) is 4.74 Å². The Morgan fingerprint density at radius 2 is 2.04 bits per heavy atom. The van der Waals surface area contributed by atoms with Crippen LogP contribution in [0.15, 0.2) is 29.3 Å². The van der Waals surface area contributed by atoms with Crippen molar-refractivity contribution in [3.63, 3.8) is 0 Å². The van der Waals surface area contributed by atoms with Crippen molar-refractivity contribution in [2.24, 2.45) is 10.9 Å². The highest BCUT2D eigenvalue weighted by Gasteiger charge is 2.15. The quantitative estimate of drug-likeness (QED) is 0.374. The van der Waals surface area contributed by atoms with E-state index < -0.39 is 0 Å². The van der Waals surface area contributed by atoms with Gasteiger partial charge in [-0.25, -0.2) is 0 Å². The van der Waals surface area contributed by atoms with Crippen LogP contribution in [0.1, 0.15) is 24.8 Å². The molecule has 0 radical (unpaired) electrons. The fourth-order valence-electron chi connectivity index (χ4n) is 2.82. The number of hydrogen-bond acceptors (Lipinski definition) is 4. The van der Waals surface area contributed by atoms with Gasteiger partial charge in [0.05, 0.1) is 4.92 Å². The molecular formula is C17H26N4O3. The largest absolute Gasteiger partial charge is 0.381 e. The molecule has 1 aliphatic rings. The minimum atomic E-state index is -0.389. The topological polar surface area (TPSA) is 80.0 Å². The van der Waals surface area contributed by atoms with Crippen LogP contribution >= 0.6 is 0 Å². The molecule has 0 unspecified atom stereocenters. The maximum Gasteiger partial charge on any atom is 0.269 e. The fourth-order valence-corrected chi connectivity index (χ4v) is 2.82. The molecule has 1 aromatic rings. The summed E-state index contributed by atoms with van der Waals surface area (Å²) in [5, 5.41) is 14.0. The maximum absolute atomic E-state index is 10.7. The van der Waals surface area contributed by atoms with Gasteiger partial charge in [-0.05, 0) is 30.7 Å². The number of nitro benzene ring substituents is 1. The second-order valence-corrected chi connectivity index (χ2v) is 6.09. The van der Waals surface area contributed by atoms with Gasteiger partial charge in [0.2, 0.25) is 0 Å². The summed E-state index contributed by atoms with van der Waals surface area (Å²) in [7, 11) is 3.80. The summed E-state index contributed by atoms with van der Waals surface area (Å²) in [5.74, 6) is 1.56. The molecule has 0 amide bonds. The van der Waals surface area contributed by atoms with Crippen molar-refractivity contribution in [3.8, 4) is 0 Å². The Labute approximate surface area is 142 Å². The van der Waals surface area contributed by atoms with Crippen LogP contribution in [-0.4, -0.2) is 49.6 Å². The molecule has 1 aromatic carbocycles. The third-order valence-corrected chi connectivity index (χ3v) is 4.38. The molecule has 2 rings (SSSR count). The molecule has 7 heteroatoms. The van der Waals surface area contributed by atoms with Gasteiger partial charge in [-0.2, -0.15) is 0 Å². The fraction of sp³-hybridized carbons (Fsp3) is 0.588. The van der Waals surface area contributed by atoms with Crippen molar-refractivity contribution in [2.75, 3.05) is 33.9 Å². The van der Waals surface area contributed by atoms with Gasteiger partial charge in [-0.1, -0.05) is 12.1 Å². The van der Waals surface area contributed by atoms with E-state index in [2.05, 4.69) is 15.2 Å². The van der Waals surface area contributed by atoms with Crippen LogP contribution in [-0.2, 0) is 11.3 Å². The van der Waals surface area contributed by atoms with E-state index in [-0.39, 0.29) is 10.6 Å². The lowest BCUT2D eigenvalue weighted by atomic mass is 9.96. The summed E-state index contributed by atoms with van der Waals surface area (Å²) >= 11 is 0. The third kappa shape index (κ3) is 5.49. The molecule has 0 atom stereocenters. The van der Waals surface area contributed by atoms with Crippen LogP contribution in [0.5, 0.6) is 0 Å². The molecule has 0 spiro atoms. The molecule has 1 heterocycles. The first-order valence-corrected chi connectivity index (χ1v) is 8.33. The number of aliphatic imine (C=N–C) groups is 1. The van der Waals surface area contributed by atoms with Crippen molar-refractivity contribution in [1.29, 1.82) is 0 Å². The van der Waals surface area contributed by atoms with Gasteiger partial charge in [0.1, 0.15) is 0 Å². The molecule has 1 saturated heterocycles. The third-order valence-electron chi connectivity index (χ3n) is 4.38. The summed E-state index contributed by atoms with van der Waals surface area (Å²) < 4.78 is 5.39. The molecule has 1 fully saturated rings. The van der Waals surface area contributed by atoms with Crippen molar-refractivity contribution >= 4 is 11.6 Å². The van der Waals surface area contributed by atoms with Gasteiger partial charge >= 0.3 is 0 Å². The zero-order valence-corrected chi connectivity index (χ0v) is 14.4. The monoisotopic (exact) mass is 334 g/mol. The minimum Gasteiger partial charge on any atom is -0.381 e. The first-order valence-electron chi connectivity index (χ1n) is 8.33. The van der Waals surface area contributed by atoms with Gasteiger partial charge in [0.25, 0.3) is 5.69 Å². The van der Waals surface area contributed by atoms with Crippen molar-refractivity contribution in [3.05, 3.63) is 39.9 Å². The molecule has 0 saturated carbocycles. The average molecular weight is 334 g/mol. The number of non-ortho nitro benzene ring substituents is 1. The molecule has 132 valence electrons. The molecule has 0 aromatic heterocycles. The van der Waals surface area contributed by atoms with Crippen LogP contribution in [0.2, 0.25) is 0 Å². The molecule has 0 bridgehead atoms. The normalized spacial score (nSPS) is 16.0. The number of nitrogens with zero attached hydrogens (tertiary/aromatic N) is 3. The Bertz CT molecular complexity index is 553. The highest BCUT2D eigenvalue weighted by Crippen LogP contribution is 2.18. The smallest absolute Gasteiger partial charge is 0.269 e. The summed E-state index contributed by atoms with van der Waals surface area (Å²) in [6, 6.07) is 6.57. The summed E-state index contributed by atoms with van der Waals surface area (Å²) in [4.78, 5) is 16.7. The van der Waals surface area contributed by atoms with Gasteiger partial charge in [0.15, 0.2) is 5.96 Å². The molecule has 1 aliphatic heterocycles. The summed E-state index contributed by atoms with van der Waals surface area (Å²) in [6.45, 7) is 3.29. The Morgan fingerprint density at radius 1 is 1.38 bits per heavy atom. The van der Waals surface area contributed by atoms with Crippen LogP contribution < -0.4 is 5.32 Å². The van der Waals surface area contributed by atoms with Crippen molar-refractivity contribution in [2.45, 2.75) is 25.8 Å². The number of ether oxygens (including phenoxy) is 1. The maximum atomic E-state index is 10.7. The van der Waals surface area contributed by atoms with Gasteiger partial charge in [-0.3, -0.25) is 15.1 Å². The Hall–Kier alpha value is -2.15. The molecular weight excluding hydrogens is 308 g/mol. The zero-order valence-electron chi connectivity index (χ0n) is 14.4. The van der Waals surface area contributed by atoms with E-state index >= 15 is 0 Å². The number of nitro groups is 1. The Morgan fingerprint density at radius 3 is 2.62 bits per heavy atom. The Kier molecular flexibility index (Phi) is 6.99. The molecule has 0 aliphatic carbocycles. The number of nitrogens with one attached hydrogen (secondary N) is 1. The lowest BCUT2D eigenvalue weighted by Crippen LogP contribution is -2.39. The minimum absolute atomic E-state index is 0.108. The predicted octanol–water partition coefficient (Wildman–Crippen LogP) is 2.42. The Balaban J connectivity index is 1.79. The number of hydrogen-bond donors (Lipinski definition) is 1. The van der Waals surface area contributed by atoms with E-state index in [1.165, 1.54) is 12.1 Å². The second-order valence-electron chi connectivity index (χ2n) is 6.09. The van der Waals surface area contributed by atoms with Crippen LogP contribution in [0.4, 0.5) is 5.69 Å². The predicted molar refractivity (Wildman–Crippen MR) is 94.1 cm³/mol. The van der Waals surface area contributed by atoms with Gasteiger partial charge in [-0.15, -0.1) is 0 Å². The molecule has 24 heavy (non-hydrogen) atoms. The summed E-state index contributed by atoms with van der Waals surface area (Å²) in [5.41, 5.74) is 1.09. The SMILES string of the molecule is CN=C(NCc1ccc([N+](=O)[O-])cc1)N(C)CCC1CCOCC1. The van der Waals surface area contributed by atoms with E-state index in [9.17, 15) is 10.1 Å². The standard InChI is InChI=1S/C17H26N4O3/c1-18-17(20(2)10-7-14-8-11-24-12-9-14)19-13-15-3-5-16(6-4-15)21(22)23/h3-6,14H,7-13H2,1-2H3,(H,18,19). The van der Waals surface area contributed by atoms with Crippen LogP contribution in [0.25, 0.3) is 0 Å². The number of benzene rings is 1. The second kappa shape index (κ2) is 9.22. The van der Waals surface area contributed by atoms with E-state index in [1.807, 2.05) is 7.05 Å². The van der Waals surface area contributed by atoms with Gasteiger partial charge in [0, 0.05) is 52.5 Å². The zero-order chi connectivity index (χ0) is 17.4. The lowest BCUT2D eigenvalue weighted by molar-refractivity contribution is -0.384. The molecule has 7 nitrogen and oxygen atoms in total. The van der Waals surface area contributed by atoms with E-state index in [0.717, 1.165) is 56.5 Å². The van der Waals surface area contributed by atoms with Crippen LogP contribution in [0.3, 0.4) is 0 Å². The van der Waals surface area contributed by atoms with Gasteiger partial charge < -0.3 is 15.0 Å². The van der Waals surface area contributed by atoms with E-state index in [0.29, 0.717) is 6.54 Å². The number of rotatable bonds is 6. The first-order chi connectivity index (χ1) is 11.6. The number of guanidine groups is 1. The highest BCUT2D eigenvalue weighted by atomic mass is 16.6. The van der Waals surface area contributed by atoms with Crippen molar-refractivity contribution in [1.82, 2.24) is 10.2 Å².